The fraction of sp³-hybridized carbons (Fsp3) is 0.207. The third-order valence-corrected chi connectivity index (χ3v) is 7.38. The van der Waals surface area contributed by atoms with E-state index in [0.717, 1.165) is 44.9 Å². The van der Waals surface area contributed by atoms with E-state index in [0.29, 0.717) is 11.7 Å². The van der Waals surface area contributed by atoms with E-state index in [2.05, 4.69) is 38.5 Å². The summed E-state index contributed by atoms with van der Waals surface area (Å²) in [6.45, 7) is 2.52. The first kappa shape index (κ1) is 25.2. The van der Waals surface area contributed by atoms with E-state index in [-0.39, 0.29) is 24.4 Å². The van der Waals surface area contributed by atoms with Crippen molar-refractivity contribution in [2.75, 3.05) is 11.9 Å². The number of amides is 1. The van der Waals surface area contributed by atoms with Crippen LogP contribution in [0.25, 0.3) is 11.3 Å². The molecule has 2 N–H and O–H groups in total. The molecule has 1 amide bonds. The van der Waals surface area contributed by atoms with Gasteiger partial charge in [-0.3, -0.25) is 9.78 Å². The Bertz CT molecular complexity index is 1390. The highest BCUT2D eigenvalue weighted by atomic mass is 79.9. The van der Waals surface area contributed by atoms with E-state index in [1.807, 2.05) is 83.8 Å². The molecule has 1 aliphatic rings. The molecule has 6 nitrogen and oxygen atoms in total. The highest BCUT2D eigenvalue weighted by Crippen LogP contribution is 2.40. The molecular weight excluding hydrogens is 548 g/mol. The number of para-hydroxylation sites is 1. The second-order valence-corrected chi connectivity index (χ2v) is 10.1. The fourth-order valence-corrected chi connectivity index (χ4v) is 5.22. The fourth-order valence-electron chi connectivity index (χ4n) is 4.62. The average molecular weight is 576 g/mol. The lowest BCUT2D eigenvalue weighted by atomic mass is 10.0. The first-order valence-corrected chi connectivity index (χ1v) is 13.4. The van der Waals surface area contributed by atoms with Crippen molar-refractivity contribution in [3.8, 4) is 11.3 Å². The maximum atomic E-state index is 12.9. The average Bonchev–Trinajstić information content (AvgIpc) is 3.53. The molecule has 2 aromatic heterocycles. The quantitative estimate of drug-likeness (QED) is 0.229. The Morgan fingerprint density at radius 3 is 2.62 bits per heavy atom. The molecule has 188 valence electrons. The van der Waals surface area contributed by atoms with Crippen molar-refractivity contribution in [3.05, 3.63) is 107 Å². The third kappa shape index (κ3) is 5.60. The lowest BCUT2D eigenvalue weighted by Crippen LogP contribution is -2.32. The number of halogens is 1. The molecule has 0 radical (unpaired) electrons. The molecule has 4 aromatic rings. The molecule has 2 unspecified atom stereocenters. The number of hydrogen-bond donors (Lipinski definition) is 2. The Hall–Kier alpha value is -3.49. The molecule has 2 atom stereocenters. The normalized spacial score (nSPS) is 17.0. The summed E-state index contributed by atoms with van der Waals surface area (Å²) in [6, 6.07) is 25.2. The number of furan rings is 1. The van der Waals surface area contributed by atoms with Crippen LogP contribution >= 0.6 is 28.1 Å². The van der Waals surface area contributed by atoms with E-state index < -0.39 is 0 Å². The van der Waals surface area contributed by atoms with Gasteiger partial charge in [0.25, 0.3) is 0 Å². The van der Waals surface area contributed by atoms with Gasteiger partial charge in [0.2, 0.25) is 5.91 Å². The first-order valence-electron chi connectivity index (χ1n) is 12.2. The second-order valence-electron chi connectivity index (χ2n) is 8.84. The number of nitrogens with zero attached hydrogens (tertiary/aromatic N) is 2. The summed E-state index contributed by atoms with van der Waals surface area (Å²) in [5.74, 6) is 1.48. The van der Waals surface area contributed by atoms with Gasteiger partial charge < -0.3 is 20.0 Å². The van der Waals surface area contributed by atoms with Gasteiger partial charge in [0.15, 0.2) is 5.11 Å². The number of rotatable bonds is 8. The van der Waals surface area contributed by atoms with Crippen molar-refractivity contribution in [1.82, 2.24) is 15.2 Å². The zero-order valence-electron chi connectivity index (χ0n) is 20.4. The Morgan fingerprint density at radius 2 is 1.86 bits per heavy atom. The smallest absolute Gasteiger partial charge is 0.226 e. The van der Waals surface area contributed by atoms with E-state index >= 15 is 0 Å². The van der Waals surface area contributed by atoms with Crippen molar-refractivity contribution in [1.29, 1.82) is 0 Å². The van der Waals surface area contributed by atoms with Gasteiger partial charge in [-0.1, -0.05) is 59.3 Å². The molecule has 0 saturated carbocycles. The Morgan fingerprint density at radius 1 is 1.08 bits per heavy atom. The van der Waals surface area contributed by atoms with E-state index in [9.17, 15) is 4.79 Å². The SMILES string of the molecule is CCc1ccccc1NC(=O)CCN1C(=S)NC(c2ccccn2)C1c1ccc(-c2ccc(Br)cc2)o1. The number of nitrogens with one attached hydrogen (secondary N) is 2. The number of anilines is 1. The standard InChI is InChI=1S/C29H27BrN4O2S/c1-2-19-7-3-4-8-22(19)32-26(35)16-18-34-28(27(33-29(34)37)23-9-5-6-17-31-23)25-15-14-24(36-25)20-10-12-21(30)13-11-20/h3-15,17,27-28H,2,16,18H2,1H3,(H,32,35)(H,33,37). The van der Waals surface area contributed by atoms with Crippen LogP contribution in [0.1, 0.15) is 42.4 Å². The minimum atomic E-state index is -0.248. The van der Waals surface area contributed by atoms with Gasteiger partial charge in [0.05, 0.1) is 11.7 Å². The van der Waals surface area contributed by atoms with Crippen LogP contribution in [0.15, 0.2) is 93.9 Å². The van der Waals surface area contributed by atoms with Crippen LogP contribution in [0.2, 0.25) is 0 Å². The number of benzene rings is 2. The largest absolute Gasteiger partial charge is 0.459 e. The van der Waals surface area contributed by atoms with Crippen LogP contribution in [0.3, 0.4) is 0 Å². The van der Waals surface area contributed by atoms with Gasteiger partial charge in [0, 0.05) is 34.9 Å². The van der Waals surface area contributed by atoms with Crippen molar-refractivity contribution < 1.29 is 9.21 Å². The number of hydrogen-bond acceptors (Lipinski definition) is 4. The molecule has 5 rings (SSSR count). The van der Waals surface area contributed by atoms with Gasteiger partial charge in [0.1, 0.15) is 17.6 Å². The van der Waals surface area contributed by atoms with Crippen LogP contribution < -0.4 is 10.6 Å². The molecule has 1 saturated heterocycles. The molecule has 37 heavy (non-hydrogen) atoms. The Labute approximate surface area is 230 Å². The van der Waals surface area contributed by atoms with Gasteiger partial charge in [-0.2, -0.15) is 0 Å². The number of aryl methyl sites for hydroxylation is 1. The van der Waals surface area contributed by atoms with Crippen molar-refractivity contribution >= 4 is 44.9 Å². The molecule has 0 spiro atoms. The topological polar surface area (TPSA) is 70.4 Å². The highest BCUT2D eigenvalue weighted by Gasteiger charge is 2.41. The first-order chi connectivity index (χ1) is 18.0. The highest BCUT2D eigenvalue weighted by molar-refractivity contribution is 9.10. The lowest BCUT2D eigenvalue weighted by Gasteiger charge is -2.26. The molecule has 3 heterocycles. The van der Waals surface area contributed by atoms with E-state index in [4.69, 9.17) is 16.6 Å². The molecule has 0 bridgehead atoms. The minimum Gasteiger partial charge on any atom is -0.459 e. The zero-order valence-corrected chi connectivity index (χ0v) is 22.8. The summed E-state index contributed by atoms with van der Waals surface area (Å²) < 4.78 is 7.38. The monoisotopic (exact) mass is 574 g/mol. The zero-order chi connectivity index (χ0) is 25.8. The summed E-state index contributed by atoms with van der Waals surface area (Å²) >= 11 is 9.22. The van der Waals surface area contributed by atoms with E-state index in [1.54, 1.807) is 6.20 Å². The van der Waals surface area contributed by atoms with Gasteiger partial charge in [-0.15, -0.1) is 0 Å². The minimum absolute atomic E-state index is 0.0567. The maximum absolute atomic E-state index is 12.9. The predicted octanol–water partition coefficient (Wildman–Crippen LogP) is 6.67. The third-order valence-electron chi connectivity index (χ3n) is 6.50. The molecule has 0 aliphatic carbocycles. The number of aromatic nitrogens is 1. The molecule has 8 heteroatoms. The maximum Gasteiger partial charge on any atom is 0.226 e. The van der Waals surface area contributed by atoms with Crippen molar-refractivity contribution in [2.24, 2.45) is 0 Å². The number of carbonyl (C=O) groups excluding carboxylic acids is 1. The summed E-state index contributed by atoms with van der Waals surface area (Å²) in [6.07, 6.45) is 2.91. The Kier molecular flexibility index (Phi) is 7.67. The van der Waals surface area contributed by atoms with Crippen LogP contribution in [0.4, 0.5) is 5.69 Å². The van der Waals surface area contributed by atoms with Crippen LogP contribution in [0.5, 0.6) is 0 Å². The Balaban J connectivity index is 1.39. The summed E-state index contributed by atoms with van der Waals surface area (Å²) in [5, 5.41) is 7.05. The number of thiocarbonyl (C=S) groups is 1. The molecule has 1 fully saturated rings. The van der Waals surface area contributed by atoms with Gasteiger partial charge in [-0.05, 0) is 66.7 Å². The van der Waals surface area contributed by atoms with Crippen molar-refractivity contribution in [3.63, 3.8) is 0 Å². The van der Waals surface area contributed by atoms with Crippen LogP contribution in [-0.4, -0.2) is 27.4 Å². The molecule has 2 aromatic carbocycles. The summed E-state index contributed by atoms with van der Waals surface area (Å²) in [4.78, 5) is 19.5. The second kappa shape index (κ2) is 11.3. The van der Waals surface area contributed by atoms with Gasteiger partial charge >= 0.3 is 0 Å². The van der Waals surface area contributed by atoms with Gasteiger partial charge in [-0.25, -0.2) is 0 Å². The van der Waals surface area contributed by atoms with Crippen molar-refractivity contribution in [2.45, 2.75) is 31.8 Å². The van der Waals surface area contributed by atoms with Crippen LogP contribution in [-0.2, 0) is 11.2 Å². The summed E-state index contributed by atoms with van der Waals surface area (Å²) in [7, 11) is 0. The number of carbonyl (C=O) groups is 1. The van der Waals surface area contributed by atoms with Crippen LogP contribution in [0, 0.1) is 0 Å². The molecule has 1 aliphatic heterocycles. The lowest BCUT2D eigenvalue weighted by molar-refractivity contribution is -0.116. The van der Waals surface area contributed by atoms with E-state index in [1.165, 1.54) is 0 Å². The number of pyridine rings is 1. The molecular formula is C29H27BrN4O2S. The summed E-state index contributed by atoms with van der Waals surface area (Å²) in [5.41, 5.74) is 3.81. The predicted molar refractivity (Wildman–Crippen MR) is 153 cm³/mol.